The van der Waals surface area contributed by atoms with Crippen LogP contribution in [0, 0.1) is 0 Å². The highest BCUT2D eigenvalue weighted by atomic mass is 16.6. The molecule has 1 aromatic heterocycles. The van der Waals surface area contributed by atoms with Gasteiger partial charge in [-0.25, -0.2) is 9.78 Å². The number of likely N-dealkylation sites (tertiary alicyclic amines) is 1. The number of esters is 1. The van der Waals surface area contributed by atoms with Crippen LogP contribution in [0.15, 0.2) is 72.9 Å². The summed E-state index contributed by atoms with van der Waals surface area (Å²) in [4.78, 5) is 31.1. The van der Waals surface area contributed by atoms with E-state index in [1.807, 2.05) is 30.3 Å². The van der Waals surface area contributed by atoms with E-state index in [0.717, 1.165) is 5.56 Å². The van der Waals surface area contributed by atoms with E-state index in [1.165, 1.54) is 0 Å². The Bertz CT molecular complexity index is 1080. The van der Waals surface area contributed by atoms with Crippen LogP contribution in [-0.4, -0.2) is 34.8 Å². The van der Waals surface area contributed by atoms with Gasteiger partial charge in [-0.05, 0) is 36.4 Å². The number of aromatic nitrogens is 1. The van der Waals surface area contributed by atoms with E-state index in [-0.39, 0.29) is 11.9 Å². The Hall–Kier alpha value is -3.67. The topological polar surface area (TPSA) is 68.7 Å². The molecule has 2 aliphatic heterocycles. The standard InChI is InChI=1S/C23H18N2O4/c26-21(16-8-10-17(11-9-16)28-20-7-3-4-13-24-20)25-14-12-23(15-25)19-6-2-1-5-18(19)22(27)29-23/h1-11,13H,12,14-15H2/t23-/m0/s1. The molecule has 3 aromatic rings. The van der Waals surface area contributed by atoms with Crippen molar-refractivity contribution < 1.29 is 19.1 Å². The summed E-state index contributed by atoms with van der Waals surface area (Å²) in [6, 6.07) is 19.8. The first-order valence-corrected chi connectivity index (χ1v) is 9.46. The van der Waals surface area contributed by atoms with Gasteiger partial charge in [0.2, 0.25) is 5.88 Å². The zero-order valence-corrected chi connectivity index (χ0v) is 15.6. The van der Waals surface area contributed by atoms with Crippen LogP contribution >= 0.6 is 0 Å². The summed E-state index contributed by atoms with van der Waals surface area (Å²) in [6.07, 6.45) is 2.26. The molecular formula is C23H18N2O4. The lowest BCUT2D eigenvalue weighted by molar-refractivity contribution is -0.00306. The lowest BCUT2D eigenvalue weighted by atomic mass is 9.91. The molecule has 144 valence electrons. The molecule has 3 heterocycles. The number of amides is 1. The minimum atomic E-state index is -0.731. The largest absolute Gasteiger partial charge is 0.449 e. The molecule has 6 nitrogen and oxygen atoms in total. The predicted molar refractivity (Wildman–Crippen MR) is 105 cm³/mol. The number of hydrogen-bond acceptors (Lipinski definition) is 5. The molecule has 0 aliphatic carbocycles. The smallest absolute Gasteiger partial charge is 0.339 e. The number of benzene rings is 2. The molecule has 6 heteroatoms. The lowest BCUT2D eigenvalue weighted by Gasteiger charge is -2.24. The molecule has 1 amide bonds. The van der Waals surface area contributed by atoms with E-state index in [1.54, 1.807) is 47.5 Å². The van der Waals surface area contributed by atoms with E-state index in [4.69, 9.17) is 9.47 Å². The van der Waals surface area contributed by atoms with E-state index in [0.29, 0.717) is 42.3 Å². The summed E-state index contributed by atoms with van der Waals surface area (Å²) in [5.74, 6) is 0.698. The van der Waals surface area contributed by atoms with E-state index < -0.39 is 5.60 Å². The van der Waals surface area contributed by atoms with Gasteiger partial charge in [-0.3, -0.25) is 4.79 Å². The number of nitrogens with zero attached hydrogens (tertiary/aromatic N) is 2. The van der Waals surface area contributed by atoms with Crippen molar-refractivity contribution in [1.82, 2.24) is 9.88 Å². The Balaban J connectivity index is 1.32. The molecular weight excluding hydrogens is 368 g/mol. The number of carbonyl (C=O) groups is 2. The van der Waals surface area contributed by atoms with Gasteiger partial charge in [-0.2, -0.15) is 0 Å². The number of rotatable bonds is 3. The summed E-state index contributed by atoms with van der Waals surface area (Å²) in [6.45, 7) is 0.896. The predicted octanol–water partition coefficient (Wildman–Crippen LogP) is 3.79. The van der Waals surface area contributed by atoms with Crippen molar-refractivity contribution in [2.75, 3.05) is 13.1 Å². The van der Waals surface area contributed by atoms with Crippen LogP contribution in [0.2, 0.25) is 0 Å². The fraction of sp³-hybridized carbons (Fsp3) is 0.174. The van der Waals surface area contributed by atoms with Gasteiger partial charge < -0.3 is 14.4 Å². The molecule has 0 N–H and O–H groups in total. The fourth-order valence-corrected chi connectivity index (χ4v) is 3.98. The van der Waals surface area contributed by atoms with Crippen molar-refractivity contribution in [3.8, 4) is 11.6 Å². The van der Waals surface area contributed by atoms with Gasteiger partial charge >= 0.3 is 5.97 Å². The van der Waals surface area contributed by atoms with Crippen molar-refractivity contribution in [2.24, 2.45) is 0 Å². The van der Waals surface area contributed by atoms with E-state index in [2.05, 4.69) is 4.98 Å². The Kier molecular flexibility index (Phi) is 4.05. The van der Waals surface area contributed by atoms with Crippen LogP contribution in [0.25, 0.3) is 0 Å². The second-order valence-corrected chi connectivity index (χ2v) is 7.20. The average molecular weight is 386 g/mol. The summed E-state index contributed by atoms with van der Waals surface area (Å²) >= 11 is 0. The number of ether oxygens (including phenoxy) is 2. The van der Waals surface area contributed by atoms with Crippen LogP contribution in [-0.2, 0) is 10.3 Å². The van der Waals surface area contributed by atoms with Crippen LogP contribution in [0.3, 0.4) is 0 Å². The van der Waals surface area contributed by atoms with Crippen molar-refractivity contribution in [3.05, 3.63) is 89.6 Å². The molecule has 5 rings (SSSR count). The van der Waals surface area contributed by atoms with E-state index in [9.17, 15) is 9.59 Å². The second-order valence-electron chi connectivity index (χ2n) is 7.20. The molecule has 0 unspecified atom stereocenters. The van der Waals surface area contributed by atoms with Crippen molar-refractivity contribution in [3.63, 3.8) is 0 Å². The molecule has 0 bridgehead atoms. The molecule has 1 atom stereocenters. The lowest BCUT2D eigenvalue weighted by Crippen LogP contribution is -2.34. The highest BCUT2D eigenvalue weighted by molar-refractivity contribution is 5.96. The van der Waals surface area contributed by atoms with Gasteiger partial charge in [0, 0.05) is 36.4 Å². The van der Waals surface area contributed by atoms with Gasteiger partial charge in [0.15, 0.2) is 5.60 Å². The molecule has 29 heavy (non-hydrogen) atoms. The fourth-order valence-electron chi connectivity index (χ4n) is 3.98. The molecule has 2 aliphatic rings. The Morgan fingerprint density at radius 1 is 1.03 bits per heavy atom. The molecule has 2 aromatic carbocycles. The maximum Gasteiger partial charge on any atom is 0.339 e. The first-order chi connectivity index (χ1) is 14.1. The third kappa shape index (κ3) is 3.02. The van der Waals surface area contributed by atoms with Crippen molar-refractivity contribution >= 4 is 11.9 Å². The number of carbonyl (C=O) groups excluding carboxylic acids is 2. The van der Waals surface area contributed by atoms with Crippen LogP contribution < -0.4 is 4.74 Å². The number of pyridine rings is 1. The second kappa shape index (κ2) is 6.74. The molecule has 1 saturated heterocycles. The first-order valence-electron chi connectivity index (χ1n) is 9.46. The third-order valence-corrected chi connectivity index (χ3v) is 5.41. The minimum absolute atomic E-state index is 0.0910. The van der Waals surface area contributed by atoms with Gasteiger partial charge in [0.25, 0.3) is 5.91 Å². The first kappa shape index (κ1) is 17.4. The van der Waals surface area contributed by atoms with Gasteiger partial charge in [0.1, 0.15) is 5.75 Å². The SMILES string of the molecule is O=C1O[C@]2(CCN(C(=O)c3ccc(Oc4ccccn4)cc3)C2)c2ccccc21. The van der Waals surface area contributed by atoms with Crippen molar-refractivity contribution in [2.45, 2.75) is 12.0 Å². The van der Waals surface area contributed by atoms with Gasteiger partial charge in [-0.1, -0.05) is 24.3 Å². The summed E-state index contributed by atoms with van der Waals surface area (Å²) in [5.41, 5.74) is 1.30. The normalized spacial score (nSPS) is 19.9. The average Bonchev–Trinajstić information content (AvgIpc) is 3.31. The quantitative estimate of drug-likeness (QED) is 0.641. The minimum Gasteiger partial charge on any atom is -0.449 e. The molecule has 1 spiro atoms. The van der Waals surface area contributed by atoms with Gasteiger partial charge in [0.05, 0.1) is 12.1 Å². The Morgan fingerprint density at radius 2 is 1.83 bits per heavy atom. The number of hydrogen-bond donors (Lipinski definition) is 0. The third-order valence-electron chi connectivity index (χ3n) is 5.41. The highest BCUT2D eigenvalue weighted by Crippen LogP contribution is 2.43. The van der Waals surface area contributed by atoms with Crippen LogP contribution in [0.4, 0.5) is 0 Å². The summed E-state index contributed by atoms with van der Waals surface area (Å²) < 4.78 is 11.4. The highest BCUT2D eigenvalue weighted by Gasteiger charge is 2.50. The Labute approximate surface area is 167 Å². The van der Waals surface area contributed by atoms with Gasteiger partial charge in [-0.15, -0.1) is 0 Å². The molecule has 0 radical (unpaired) electrons. The zero-order valence-electron chi connectivity index (χ0n) is 15.6. The maximum atomic E-state index is 13.0. The zero-order chi connectivity index (χ0) is 19.8. The van der Waals surface area contributed by atoms with Crippen molar-refractivity contribution in [1.29, 1.82) is 0 Å². The summed E-state index contributed by atoms with van der Waals surface area (Å²) in [5, 5.41) is 0. The number of fused-ring (bicyclic) bond motifs is 2. The molecule has 0 saturated carbocycles. The van der Waals surface area contributed by atoms with Crippen LogP contribution in [0.1, 0.15) is 32.7 Å². The maximum absolute atomic E-state index is 13.0. The summed E-state index contributed by atoms with van der Waals surface area (Å²) in [7, 11) is 0. The monoisotopic (exact) mass is 386 g/mol. The van der Waals surface area contributed by atoms with Crippen LogP contribution in [0.5, 0.6) is 11.6 Å². The van der Waals surface area contributed by atoms with E-state index >= 15 is 0 Å². The molecule has 1 fully saturated rings. The Morgan fingerprint density at radius 3 is 2.62 bits per heavy atom.